The highest BCUT2D eigenvalue weighted by molar-refractivity contribution is 5.77. The summed E-state index contributed by atoms with van der Waals surface area (Å²) in [6.07, 6.45) is 8.21. The molecule has 0 radical (unpaired) electrons. The van der Waals surface area contributed by atoms with Crippen molar-refractivity contribution in [3.63, 3.8) is 0 Å². The topological polar surface area (TPSA) is 87.3 Å². The number of hydrogen-bond donors (Lipinski definition) is 0. The summed E-state index contributed by atoms with van der Waals surface area (Å²) in [5.41, 5.74) is 4.12. The van der Waals surface area contributed by atoms with Crippen molar-refractivity contribution in [3.05, 3.63) is 41.7 Å². The van der Waals surface area contributed by atoms with Crippen molar-refractivity contribution < 1.29 is 18.7 Å². The molecule has 10 heteroatoms. The lowest BCUT2D eigenvalue weighted by Crippen LogP contribution is -2.45. The van der Waals surface area contributed by atoms with Crippen molar-refractivity contribution in [1.82, 2.24) is 29.4 Å². The zero-order valence-corrected chi connectivity index (χ0v) is 21.3. The molecule has 9 nitrogen and oxygen atoms in total. The molecular weight excluding hydrogens is 463 g/mol. The van der Waals surface area contributed by atoms with E-state index in [4.69, 9.17) is 19.7 Å². The van der Waals surface area contributed by atoms with Gasteiger partial charge in [0.25, 0.3) is 0 Å². The molecule has 5 rings (SSSR count). The third kappa shape index (κ3) is 4.27. The van der Waals surface area contributed by atoms with Crippen molar-refractivity contribution in [1.29, 1.82) is 0 Å². The highest BCUT2D eigenvalue weighted by Gasteiger charge is 2.40. The van der Waals surface area contributed by atoms with Crippen LogP contribution in [0.4, 0.5) is 4.39 Å². The number of carbonyl (C=O) groups excluding carboxylic acids is 1. The summed E-state index contributed by atoms with van der Waals surface area (Å²) in [6, 6.07) is 1.43. The Bertz CT molecular complexity index is 1270. The molecule has 2 unspecified atom stereocenters. The number of aromatic nitrogens is 5. The van der Waals surface area contributed by atoms with Crippen LogP contribution in [0.1, 0.15) is 50.9 Å². The maximum absolute atomic E-state index is 14.5. The zero-order valence-electron chi connectivity index (χ0n) is 21.3. The van der Waals surface area contributed by atoms with Gasteiger partial charge in [0.05, 0.1) is 55.8 Å². The molecule has 0 spiro atoms. The zero-order chi connectivity index (χ0) is 25.4. The monoisotopic (exact) mass is 496 g/mol. The molecule has 0 aliphatic carbocycles. The van der Waals surface area contributed by atoms with E-state index in [1.165, 1.54) is 13.2 Å². The smallest absolute Gasteiger partial charge is 0.250 e. The van der Waals surface area contributed by atoms with Gasteiger partial charge in [-0.1, -0.05) is 6.92 Å². The number of hydrogen-bond acceptors (Lipinski definition) is 6. The number of carbonyl (C=O) groups is 1. The number of fused-ring (bicyclic) bond motifs is 1. The van der Waals surface area contributed by atoms with Crippen LogP contribution in [0.15, 0.2) is 24.7 Å². The molecule has 192 valence electrons. The second kappa shape index (κ2) is 9.65. The summed E-state index contributed by atoms with van der Waals surface area (Å²) < 4.78 is 28.9. The largest absolute Gasteiger partial charge is 0.479 e. The number of nitrogens with zero attached hydrogens (tertiary/aromatic N) is 6. The van der Waals surface area contributed by atoms with Crippen molar-refractivity contribution in [2.45, 2.75) is 52.5 Å². The molecule has 2 aliphatic heterocycles. The molecule has 3 aromatic rings. The molecule has 36 heavy (non-hydrogen) atoms. The van der Waals surface area contributed by atoms with Gasteiger partial charge in [-0.15, -0.1) is 0 Å². The minimum atomic E-state index is -0.538. The molecular formula is C26H33FN6O3. The normalized spacial score (nSPS) is 21.2. The Morgan fingerprint density at radius 2 is 2.08 bits per heavy atom. The predicted octanol–water partition coefficient (Wildman–Crippen LogP) is 3.60. The van der Waals surface area contributed by atoms with E-state index in [0.29, 0.717) is 38.2 Å². The molecule has 1 saturated heterocycles. The van der Waals surface area contributed by atoms with Crippen molar-refractivity contribution in [2.24, 2.45) is 5.41 Å². The van der Waals surface area contributed by atoms with Crippen LogP contribution in [0.2, 0.25) is 0 Å². The summed E-state index contributed by atoms with van der Waals surface area (Å²) in [7, 11) is 1.39. The van der Waals surface area contributed by atoms with Gasteiger partial charge in [0.2, 0.25) is 11.8 Å². The quantitative estimate of drug-likeness (QED) is 0.518. The van der Waals surface area contributed by atoms with Crippen LogP contribution in [-0.4, -0.2) is 68.8 Å². The van der Waals surface area contributed by atoms with Crippen LogP contribution in [0.25, 0.3) is 16.9 Å². The molecule has 1 fully saturated rings. The van der Waals surface area contributed by atoms with Crippen LogP contribution in [0.3, 0.4) is 0 Å². The lowest BCUT2D eigenvalue weighted by Gasteiger charge is -2.42. The average Bonchev–Trinajstić information content (AvgIpc) is 3.41. The van der Waals surface area contributed by atoms with Gasteiger partial charge in [0.1, 0.15) is 0 Å². The van der Waals surface area contributed by atoms with Crippen LogP contribution in [-0.2, 0) is 22.4 Å². The lowest BCUT2D eigenvalue weighted by molar-refractivity contribution is -0.138. The number of ether oxygens (including phenoxy) is 2. The SMILES string of the molecule is CCN1CCC(C)(C(C)n2cc(-c3nn(-c4cnc(OC)c(F)c4)c4c3CCOCC4)cn2)CC1=O. The minimum absolute atomic E-state index is 0.0399. The molecule has 2 aliphatic rings. The number of piperidine rings is 1. The molecule has 5 heterocycles. The first-order valence-electron chi connectivity index (χ1n) is 12.6. The van der Waals surface area contributed by atoms with E-state index in [0.717, 1.165) is 42.0 Å². The van der Waals surface area contributed by atoms with Gasteiger partial charge in [0, 0.05) is 54.7 Å². The molecule has 1 amide bonds. The number of pyridine rings is 1. The highest BCUT2D eigenvalue weighted by atomic mass is 19.1. The summed E-state index contributed by atoms with van der Waals surface area (Å²) in [6.45, 7) is 9.01. The Morgan fingerprint density at radius 3 is 2.81 bits per heavy atom. The third-order valence-corrected chi connectivity index (χ3v) is 7.82. The highest BCUT2D eigenvalue weighted by Crippen LogP contribution is 2.42. The van der Waals surface area contributed by atoms with E-state index in [9.17, 15) is 9.18 Å². The molecule has 0 N–H and O–H groups in total. The van der Waals surface area contributed by atoms with E-state index >= 15 is 0 Å². The van der Waals surface area contributed by atoms with Gasteiger partial charge in [0.15, 0.2) is 5.82 Å². The maximum atomic E-state index is 14.5. The van der Waals surface area contributed by atoms with Gasteiger partial charge in [-0.2, -0.15) is 10.2 Å². The van der Waals surface area contributed by atoms with Crippen molar-refractivity contribution in [3.8, 4) is 22.8 Å². The fourth-order valence-electron chi connectivity index (χ4n) is 5.32. The first kappa shape index (κ1) is 24.4. The van der Waals surface area contributed by atoms with E-state index in [-0.39, 0.29) is 23.2 Å². The Kier molecular flexibility index (Phi) is 6.55. The first-order valence-corrected chi connectivity index (χ1v) is 12.6. The van der Waals surface area contributed by atoms with E-state index < -0.39 is 5.82 Å². The minimum Gasteiger partial charge on any atom is -0.479 e. The number of rotatable bonds is 6. The fraction of sp³-hybridized carbons (Fsp3) is 0.538. The van der Waals surface area contributed by atoms with E-state index in [1.807, 2.05) is 28.9 Å². The molecule has 2 atom stereocenters. The summed E-state index contributed by atoms with van der Waals surface area (Å²) in [5.74, 6) is -0.383. The molecule has 3 aromatic heterocycles. The van der Waals surface area contributed by atoms with Gasteiger partial charge in [-0.05, 0) is 26.7 Å². The number of methoxy groups -OCH3 is 1. The second-order valence-corrected chi connectivity index (χ2v) is 9.92. The van der Waals surface area contributed by atoms with Gasteiger partial charge in [-0.25, -0.2) is 14.1 Å². The van der Waals surface area contributed by atoms with E-state index in [1.54, 1.807) is 10.9 Å². The number of halogens is 1. The third-order valence-electron chi connectivity index (χ3n) is 7.82. The van der Waals surface area contributed by atoms with Crippen LogP contribution in [0.5, 0.6) is 5.88 Å². The van der Waals surface area contributed by atoms with Crippen LogP contribution < -0.4 is 4.74 Å². The second-order valence-electron chi connectivity index (χ2n) is 9.92. The Balaban J connectivity index is 1.49. The molecule has 0 saturated carbocycles. The Morgan fingerprint density at radius 1 is 1.28 bits per heavy atom. The van der Waals surface area contributed by atoms with Gasteiger partial charge >= 0.3 is 0 Å². The Labute approximate surface area is 210 Å². The number of likely N-dealkylation sites (tertiary alicyclic amines) is 1. The predicted molar refractivity (Wildman–Crippen MR) is 132 cm³/mol. The maximum Gasteiger partial charge on any atom is 0.250 e. The first-order chi connectivity index (χ1) is 17.3. The van der Waals surface area contributed by atoms with Crippen LogP contribution >= 0.6 is 0 Å². The standard InChI is InChI=1S/C26H33FN6O3/c1-5-31-9-8-26(3,13-23(31)34)17(2)32-16-18(14-29-32)24-20-6-10-36-11-7-22(20)33(30-24)19-12-21(27)25(35-4)28-15-19/h12,14-17H,5-11,13H2,1-4H3. The Hall–Kier alpha value is -3.27. The number of amides is 1. The van der Waals surface area contributed by atoms with Crippen LogP contribution in [0, 0.1) is 11.2 Å². The van der Waals surface area contributed by atoms with Crippen molar-refractivity contribution >= 4 is 5.91 Å². The van der Waals surface area contributed by atoms with Gasteiger partial charge < -0.3 is 14.4 Å². The summed E-state index contributed by atoms with van der Waals surface area (Å²) in [5, 5.41) is 9.60. The van der Waals surface area contributed by atoms with Gasteiger partial charge in [-0.3, -0.25) is 9.48 Å². The average molecular weight is 497 g/mol. The lowest BCUT2D eigenvalue weighted by atomic mass is 9.74. The summed E-state index contributed by atoms with van der Waals surface area (Å²) >= 11 is 0. The van der Waals surface area contributed by atoms with E-state index in [2.05, 4.69) is 18.8 Å². The van der Waals surface area contributed by atoms with Crippen molar-refractivity contribution in [2.75, 3.05) is 33.4 Å². The summed E-state index contributed by atoms with van der Waals surface area (Å²) in [4.78, 5) is 18.6. The molecule has 0 bridgehead atoms. The molecule has 0 aromatic carbocycles. The fourth-order valence-corrected chi connectivity index (χ4v) is 5.32.